The van der Waals surface area contributed by atoms with Crippen molar-refractivity contribution >= 4 is 21.6 Å². The van der Waals surface area contributed by atoms with Crippen LogP contribution in [0, 0.1) is 0 Å². The number of hydrogen-bond acceptors (Lipinski definition) is 5. The van der Waals surface area contributed by atoms with Crippen LogP contribution in [0.15, 0.2) is 47.6 Å². The van der Waals surface area contributed by atoms with Gasteiger partial charge in [-0.05, 0) is 30.3 Å². The molecule has 0 bridgehead atoms. The first-order valence-electron chi connectivity index (χ1n) is 6.31. The van der Waals surface area contributed by atoms with Crippen LogP contribution >= 0.6 is 0 Å². The molecule has 0 saturated heterocycles. The largest absolute Gasteiger partial charge is 0.496 e. The van der Waals surface area contributed by atoms with E-state index >= 15 is 0 Å². The van der Waals surface area contributed by atoms with Crippen molar-refractivity contribution in [2.45, 2.75) is 4.90 Å². The number of anilines is 1. The third kappa shape index (κ3) is 3.34. The number of aromatic nitrogens is 1. The number of pyridine rings is 1. The highest BCUT2D eigenvalue weighted by Crippen LogP contribution is 2.23. The minimum Gasteiger partial charge on any atom is -0.496 e. The SMILES string of the molecule is CNC(=O)c1cc(S(=O)(=O)Nc2cccnc2)ccc1OC. The van der Waals surface area contributed by atoms with Crippen LogP contribution in [0.4, 0.5) is 5.69 Å². The number of amides is 1. The molecule has 1 aromatic heterocycles. The zero-order valence-electron chi connectivity index (χ0n) is 12.0. The van der Waals surface area contributed by atoms with Gasteiger partial charge in [-0.2, -0.15) is 0 Å². The van der Waals surface area contributed by atoms with E-state index in [0.29, 0.717) is 11.4 Å². The number of hydrogen-bond donors (Lipinski definition) is 2. The summed E-state index contributed by atoms with van der Waals surface area (Å²) in [6.45, 7) is 0. The molecule has 0 saturated carbocycles. The second-order valence-electron chi connectivity index (χ2n) is 4.29. The summed E-state index contributed by atoms with van der Waals surface area (Å²) >= 11 is 0. The van der Waals surface area contributed by atoms with E-state index in [1.54, 1.807) is 12.1 Å². The minimum absolute atomic E-state index is 0.0456. The lowest BCUT2D eigenvalue weighted by Crippen LogP contribution is -2.20. The molecule has 0 aliphatic heterocycles. The molecule has 0 unspecified atom stereocenters. The lowest BCUT2D eigenvalue weighted by Gasteiger charge is -2.11. The van der Waals surface area contributed by atoms with E-state index in [9.17, 15) is 13.2 Å². The van der Waals surface area contributed by atoms with E-state index < -0.39 is 15.9 Å². The van der Waals surface area contributed by atoms with Crippen LogP contribution < -0.4 is 14.8 Å². The van der Waals surface area contributed by atoms with Gasteiger partial charge in [-0.15, -0.1) is 0 Å². The standard InChI is InChI=1S/C14H15N3O4S/c1-15-14(18)12-8-11(5-6-13(12)21-2)22(19,20)17-10-4-3-7-16-9-10/h3-9,17H,1-2H3,(H,15,18). The quantitative estimate of drug-likeness (QED) is 0.864. The first kappa shape index (κ1) is 15.8. The number of ether oxygens (including phenoxy) is 1. The van der Waals surface area contributed by atoms with Gasteiger partial charge in [0.2, 0.25) is 0 Å². The molecule has 8 heteroatoms. The highest BCUT2D eigenvalue weighted by molar-refractivity contribution is 7.92. The van der Waals surface area contributed by atoms with Gasteiger partial charge in [0, 0.05) is 13.2 Å². The fraction of sp³-hybridized carbons (Fsp3) is 0.143. The van der Waals surface area contributed by atoms with Crippen molar-refractivity contribution in [3.05, 3.63) is 48.3 Å². The number of methoxy groups -OCH3 is 1. The summed E-state index contributed by atoms with van der Waals surface area (Å²) in [5, 5.41) is 2.44. The van der Waals surface area contributed by atoms with E-state index in [-0.39, 0.29) is 10.5 Å². The molecule has 1 heterocycles. The first-order chi connectivity index (χ1) is 10.5. The highest BCUT2D eigenvalue weighted by atomic mass is 32.2. The van der Waals surface area contributed by atoms with Gasteiger partial charge in [-0.3, -0.25) is 14.5 Å². The maximum atomic E-state index is 12.4. The van der Waals surface area contributed by atoms with Crippen LogP contribution in [-0.4, -0.2) is 33.5 Å². The van der Waals surface area contributed by atoms with Crippen molar-refractivity contribution in [2.75, 3.05) is 18.9 Å². The van der Waals surface area contributed by atoms with Gasteiger partial charge in [0.25, 0.3) is 15.9 Å². The fourth-order valence-corrected chi connectivity index (χ4v) is 2.87. The van der Waals surface area contributed by atoms with Crippen LogP contribution in [0.5, 0.6) is 5.75 Å². The van der Waals surface area contributed by atoms with Crippen LogP contribution in [0.3, 0.4) is 0 Å². The maximum absolute atomic E-state index is 12.4. The van der Waals surface area contributed by atoms with Crippen LogP contribution in [0.2, 0.25) is 0 Å². The Morgan fingerprint density at radius 3 is 2.64 bits per heavy atom. The third-order valence-electron chi connectivity index (χ3n) is 2.87. The minimum atomic E-state index is -3.83. The Hall–Kier alpha value is -2.61. The fourth-order valence-electron chi connectivity index (χ4n) is 1.80. The lowest BCUT2D eigenvalue weighted by atomic mass is 10.2. The summed E-state index contributed by atoms with van der Waals surface area (Å²) in [5.74, 6) is -0.144. The van der Waals surface area contributed by atoms with Crippen molar-refractivity contribution in [3.8, 4) is 5.75 Å². The number of nitrogens with one attached hydrogen (secondary N) is 2. The molecule has 0 radical (unpaired) electrons. The van der Waals surface area contributed by atoms with Gasteiger partial charge in [-0.25, -0.2) is 8.42 Å². The Morgan fingerprint density at radius 2 is 2.05 bits per heavy atom. The molecule has 1 aromatic carbocycles. The Kier molecular flexibility index (Phi) is 4.62. The predicted molar refractivity (Wildman–Crippen MR) is 81.4 cm³/mol. The zero-order chi connectivity index (χ0) is 16.2. The molecule has 116 valence electrons. The number of carbonyl (C=O) groups excluding carboxylic acids is 1. The van der Waals surface area contributed by atoms with Crippen molar-refractivity contribution in [1.82, 2.24) is 10.3 Å². The van der Waals surface area contributed by atoms with E-state index in [4.69, 9.17) is 4.74 Å². The number of sulfonamides is 1. The molecule has 0 aliphatic rings. The molecule has 0 spiro atoms. The predicted octanol–water partition coefficient (Wildman–Crippen LogP) is 1.25. The average Bonchev–Trinajstić information content (AvgIpc) is 2.54. The smallest absolute Gasteiger partial charge is 0.261 e. The summed E-state index contributed by atoms with van der Waals surface area (Å²) in [6.07, 6.45) is 2.93. The normalized spacial score (nSPS) is 10.8. The second-order valence-corrected chi connectivity index (χ2v) is 5.97. The van der Waals surface area contributed by atoms with Gasteiger partial charge in [0.15, 0.2) is 0 Å². The van der Waals surface area contributed by atoms with E-state index in [1.165, 1.54) is 44.8 Å². The number of nitrogens with zero attached hydrogens (tertiary/aromatic N) is 1. The number of benzene rings is 1. The van der Waals surface area contributed by atoms with Crippen molar-refractivity contribution in [3.63, 3.8) is 0 Å². The van der Waals surface area contributed by atoms with Crippen LogP contribution in [0.25, 0.3) is 0 Å². The number of carbonyl (C=O) groups is 1. The third-order valence-corrected chi connectivity index (χ3v) is 4.25. The molecule has 0 fully saturated rings. The molecule has 7 nitrogen and oxygen atoms in total. The molecule has 0 aliphatic carbocycles. The summed E-state index contributed by atoms with van der Waals surface area (Å²) < 4.78 is 32.2. The second kappa shape index (κ2) is 6.44. The Balaban J connectivity index is 2.41. The molecule has 22 heavy (non-hydrogen) atoms. The summed E-state index contributed by atoms with van der Waals surface area (Å²) in [4.78, 5) is 15.6. The van der Waals surface area contributed by atoms with Gasteiger partial charge >= 0.3 is 0 Å². The van der Waals surface area contributed by atoms with E-state index in [1.807, 2.05) is 0 Å². The molecule has 1 amide bonds. The van der Waals surface area contributed by atoms with Gasteiger partial charge in [-0.1, -0.05) is 0 Å². The lowest BCUT2D eigenvalue weighted by molar-refractivity contribution is 0.0960. The molecule has 2 N–H and O–H groups in total. The van der Waals surface area contributed by atoms with Crippen molar-refractivity contribution < 1.29 is 17.9 Å². The molecule has 0 atom stereocenters. The van der Waals surface area contributed by atoms with Gasteiger partial charge in [0.1, 0.15) is 5.75 Å². The number of rotatable bonds is 5. The van der Waals surface area contributed by atoms with Crippen molar-refractivity contribution in [1.29, 1.82) is 0 Å². The first-order valence-corrected chi connectivity index (χ1v) is 7.79. The van der Waals surface area contributed by atoms with E-state index in [0.717, 1.165) is 0 Å². The Labute approximate surface area is 128 Å². The summed E-state index contributed by atoms with van der Waals surface area (Å²) in [7, 11) is -0.966. The molecule has 2 aromatic rings. The maximum Gasteiger partial charge on any atom is 0.261 e. The average molecular weight is 321 g/mol. The Bertz CT molecular complexity index is 776. The molecular weight excluding hydrogens is 306 g/mol. The summed E-state index contributed by atoms with van der Waals surface area (Å²) in [5.41, 5.74) is 0.471. The van der Waals surface area contributed by atoms with Gasteiger partial charge < -0.3 is 10.1 Å². The van der Waals surface area contributed by atoms with E-state index in [2.05, 4.69) is 15.0 Å². The topological polar surface area (TPSA) is 97.4 Å². The zero-order valence-corrected chi connectivity index (χ0v) is 12.8. The van der Waals surface area contributed by atoms with Crippen molar-refractivity contribution in [2.24, 2.45) is 0 Å². The monoisotopic (exact) mass is 321 g/mol. The highest BCUT2D eigenvalue weighted by Gasteiger charge is 2.19. The molecule has 2 rings (SSSR count). The Morgan fingerprint density at radius 1 is 1.27 bits per heavy atom. The summed E-state index contributed by atoms with van der Waals surface area (Å²) in [6, 6.07) is 7.25. The molecular formula is C14H15N3O4S. The van der Waals surface area contributed by atoms with Gasteiger partial charge in [0.05, 0.1) is 29.5 Å². The van der Waals surface area contributed by atoms with Crippen LogP contribution in [-0.2, 0) is 10.0 Å². The van der Waals surface area contributed by atoms with Crippen LogP contribution in [0.1, 0.15) is 10.4 Å².